The molecular weight excluding hydrogens is 226 g/mol. The average Bonchev–Trinajstić information content (AvgIpc) is 2.35. The van der Waals surface area contributed by atoms with Crippen LogP contribution in [0.25, 0.3) is 0 Å². The molecule has 3 N–H and O–H groups in total. The molecule has 0 radical (unpaired) electrons. The standard InChI is InChI=1S/C11H17NO3S/c1-14-10-7(8(13)6-12)4-5-9(16-3)11(10)15-2/h4-5,8,13H,6,12H2,1-3H3. The number of ether oxygens (including phenoxy) is 2. The third-order valence-electron chi connectivity index (χ3n) is 2.32. The Morgan fingerprint density at radius 2 is 1.94 bits per heavy atom. The Balaban J connectivity index is 3.31. The lowest BCUT2D eigenvalue weighted by Gasteiger charge is -2.18. The third kappa shape index (κ3) is 2.42. The summed E-state index contributed by atoms with van der Waals surface area (Å²) < 4.78 is 10.6. The second kappa shape index (κ2) is 5.98. The molecule has 0 amide bonds. The highest BCUT2D eigenvalue weighted by Gasteiger charge is 2.18. The predicted octanol–water partition coefficient (Wildman–Crippen LogP) is 1.42. The molecule has 16 heavy (non-hydrogen) atoms. The van der Waals surface area contributed by atoms with Gasteiger partial charge in [0.05, 0.1) is 25.2 Å². The monoisotopic (exact) mass is 243 g/mol. The van der Waals surface area contributed by atoms with Gasteiger partial charge in [-0.1, -0.05) is 6.07 Å². The number of aliphatic hydroxyl groups is 1. The maximum absolute atomic E-state index is 9.76. The highest BCUT2D eigenvalue weighted by molar-refractivity contribution is 7.98. The van der Waals surface area contributed by atoms with Gasteiger partial charge in [-0.3, -0.25) is 0 Å². The fourth-order valence-electron chi connectivity index (χ4n) is 1.51. The van der Waals surface area contributed by atoms with Crippen molar-refractivity contribution in [2.45, 2.75) is 11.0 Å². The van der Waals surface area contributed by atoms with Gasteiger partial charge in [0.15, 0.2) is 11.5 Å². The minimum Gasteiger partial charge on any atom is -0.492 e. The Labute approximate surface area is 99.7 Å². The molecule has 0 saturated heterocycles. The Kier molecular flexibility index (Phi) is 4.92. The molecular formula is C11H17NO3S. The van der Waals surface area contributed by atoms with E-state index in [0.717, 1.165) is 4.90 Å². The van der Waals surface area contributed by atoms with Crippen molar-refractivity contribution in [3.8, 4) is 11.5 Å². The van der Waals surface area contributed by atoms with E-state index in [0.29, 0.717) is 17.1 Å². The van der Waals surface area contributed by atoms with Crippen LogP contribution in [0.3, 0.4) is 0 Å². The van der Waals surface area contributed by atoms with E-state index in [2.05, 4.69) is 0 Å². The summed E-state index contributed by atoms with van der Waals surface area (Å²) in [7, 11) is 3.13. The van der Waals surface area contributed by atoms with Crippen LogP contribution in [0.5, 0.6) is 11.5 Å². The van der Waals surface area contributed by atoms with E-state index in [1.807, 2.05) is 18.4 Å². The van der Waals surface area contributed by atoms with Crippen molar-refractivity contribution in [2.24, 2.45) is 5.73 Å². The maximum Gasteiger partial charge on any atom is 0.174 e. The van der Waals surface area contributed by atoms with E-state index < -0.39 is 6.10 Å². The second-order valence-electron chi connectivity index (χ2n) is 3.18. The SMILES string of the molecule is COc1c(SC)ccc(C(O)CN)c1OC. The van der Waals surface area contributed by atoms with Crippen LogP contribution in [0, 0.1) is 0 Å². The van der Waals surface area contributed by atoms with Crippen molar-refractivity contribution in [3.05, 3.63) is 17.7 Å². The van der Waals surface area contributed by atoms with Crippen molar-refractivity contribution < 1.29 is 14.6 Å². The molecule has 0 saturated carbocycles. The third-order valence-corrected chi connectivity index (χ3v) is 3.08. The summed E-state index contributed by atoms with van der Waals surface area (Å²) in [6.07, 6.45) is 1.22. The zero-order valence-corrected chi connectivity index (χ0v) is 10.5. The minimum atomic E-state index is -0.736. The molecule has 0 bridgehead atoms. The van der Waals surface area contributed by atoms with Gasteiger partial charge < -0.3 is 20.3 Å². The molecule has 1 rings (SSSR count). The zero-order chi connectivity index (χ0) is 12.1. The Morgan fingerprint density at radius 1 is 1.31 bits per heavy atom. The van der Waals surface area contributed by atoms with E-state index in [1.54, 1.807) is 26.0 Å². The quantitative estimate of drug-likeness (QED) is 0.766. The van der Waals surface area contributed by atoms with Crippen molar-refractivity contribution in [1.82, 2.24) is 0 Å². The Bertz CT molecular complexity index is 357. The molecule has 90 valence electrons. The van der Waals surface area contributed by atoms with Crippen molar-refractivity contribution in [2.75, 3.05) is 27.0 Å². The van der Waals surface area contributed by atoms with Crippen LogP contribution in [0.2, 0.25) is 0 Å². The second-order valence-corrected chi connectivity index (χ2v) is 4.02. The number of benzene rings is 1. The van der Waals surface area contributed by atoms with Crippen LogP contribution in [-0.2, 0) is 0 Å². The first-order chi connectivity index (χ1) is 7.69. The number of thioether (sulfide) groups is 1. The molecule has 1 aromatic rings. The fraction of sp³-hybridized carbons (Fsp3) is 0.455. The van der Waals surface area contributed by atoms with E-state index in [-0.39, 0.29) is 6.54 Å². The topological polar surface area (TPSA) is 64.7 Å². The normalized spacial score (nSPS) is 12.3. The van der Waals surface area contributed by atoms with Gasteiger partial charge in [0.1, 0.15) is 0 Å². The van der Waals surface area contributed by atoms with Gasteiger partial charge in [0, 0.05) is 12.1 Å². The Hall–Kier alpha value is -0.910. The first kappa shape index (κ1) is 13.2. The van der Waals surface area contributed by atoms with Crippen molar-refractivity contribution in [1.29, 1.82) is 0 Å². The van der Waals surface area contributed by atoms with Gasteiger partial charge in [-0.25, -0.2) is 0 Å². The lowest BCUT2D eigenvalue weighted by atomic mass is 10.1. The first-order valence-corrected chi connectivity index (χ1v) is 6.09. The molecule has 1 unspecified atom stereocenters. The smallest absolute Gasteiger partial charge is 0.174 e. The number of methoxy groups -OCH3 is 2. The summed E-state index contributed by atoms with van der Waals surface area (Å²) in [4.78, 5) is 0.965. The number of hydrogen-bond acceptors (Lipinski definition) is 5. The van der Waals surface area contributed by atoms with Crippen LogP contribution in [0.1, 0.15) is 11.7 Å². The Morgan fingerprint density at radius 3 is 2.38 bits per heavy atom. The fourth-order valence-corrected chi connectivity index (χ4v) is 2.08. The van der Waals surface area contributed by atoms with E-state index in [4.69, 9.17) is 15.2 Å². The summed E-state index contributed by atoms with van der Waals surface area (Å²) in [6, 6.07) is 3.70. The van der Waals surface area contributed by atoms with Crippen LogP contribution < -0.4 is 15.2 Å². The molecule has 1 atom stereocenters. The first-order valence-electron chi connectivity index (χ1n) is 4.86. The van der Waals surface area contributed by atoms with Crippen LogP contribution in [0.4, 0.5) is 0 Å². The predicted molar refractivity (Wildman–Crippen MR) is 65.3 cm³/mol. The highest BCUT2D eigenvalue weighted by Crippen LogP contribution is 2.41. The van der Waals surface area contributed by atoms with Gasteiger partial charge in [-0.05, 0) is 12.3 Å². The summed E-state index contributed by atoms with van der Waals surface area (Å²) in [5.74, 6) is 1.19. The van der Waals surface area contributed by atoms with Crippen LogP contribution >= 0.6 is 11.8 Å². The summed E-state index contributed by atoms with van der Waals surface area (Å²) in [5, 5.41) is 9.76. The summed E-state index contributed by atoms with van der Waals surface area (Å²) in [6.45, 7) is 0.151. The van der Waals surface area contributed by atoms with Gasteiger partial charge in [0.25, 0.3) is 0 Å². The minimum absolute atomic E-state index is 0.151. The van der Waals surface area contributed by atoms with Gasteiger partial charge in [-0.15, -0.1) is 11.8 Å². The molecule has 4 nitrogen and oxygen atoms in total. The van der Waals surface area contributed by atoms with E-state index in [1.165, 1.54) is 0 Å². The molecule has 0 fully saturated rings. The van der Waals surface area contributed by atoms with E-state index >= 15 is 0 Å². The number of hydrogen-bond donors (Lipinski definition) is 2. The van der Waals surface area contributed by atoms with Crippen molar-refractivity contribution in [3.63, 3.8) is 0 Å². The highest BCUT2D eigenvalue weighted by atomic mass is 32.2. The van der Waals surface area contributed by atoms with Gasteiger partial charge >= 0.3 is 0 Å². The number of aliphatic hydroxyl groups excluding tert-OH is 1. The van der Waals surface area contributed by atoms with Crippen LogP contribution in [-0.4, -0.2) is 32.1 Å². The molecule has 0 aromatic heterocycles. The van der Waals surface area contributed by atoms with Crippen molar-refractivity contribution >= 4 is 11.8 Å². The lowest BCUT2D eigenvalue weighted by molar-refractivity contribution is 0.180. The molecule has 1 aromatic carbocycles. The van der Waals surface area contributed by atoms with Crippen LogP contribution in [0.15, 0.2) is 17.0 Å². The molecule has 0 aliphatic carbocycles. The molecule has 0 spiro atoms. The number of rotatable bonds is 5. The maximum atomic E-state index is 9.76. The molecule has 0 heterocycles. The largest absolute Gasteiger partial charge is 0.492 e. The molecule has 5 heteroatoms. The van der Waals surface area contributed by atoms with E-state index in [9.17, 15) is 5.11 Å². The zero-order valence-electron chi connectivity index (χ0n) is 9.69. The molecule has 0 aliphatic heterocycles. The molecule has 0 aliphatic rings. The average molecular weight is 243 g/mol. The number of nitrogens with two attached hydrogens (primary N) is 1. The summed E-state index contributed by atoms with van der Waals surface area (Å²) >= 11 is 1.56. The lowest BCUT2D eigenvalue weighted by Crippen LogP contribution is -2.13. The van der Waals surface area contributed by atoms with Gasteiger partial charge in [0.2, 0.25) is 0 Å². The van der Waals surface area contributed by atoms with Gasteiger partial charge in [-0.2, -0.15) is 0 Å². The summed E-state index contributed by atoms with van der Waals surface area (Å²) in [5.41, 5.74) is 6.09.